The zero-order valence-corrected chi connectivity index (χ0v) is 36.1. The highest BCUT2D eigenvalue weighted by molar-refractivity contribution is 8.18. The Morgan fingerprint density at radius 1 is 0.725 bits per heavy atom. The summed E-state index contributed by atoms with van der Waals surface area (Å²) in [5, 5.41) is 0. The number of hydrogen-bond acceptors (Lipinski definition) is 12. The van der Waals surface area contributed by atoms with E-state index in [1.54, 1.807) is 23.5 Å². The maximum Gasteiger partial charge on any atom is 0.331 e. The SMILES string of the molecule is C=CC(=O)OC(COc1cccc(C(C)(C)c2ccc(OCC(C)(OC(=O)C=C)SCC(SCC)SCC)cc2)c1)CSCC(SCC)SCC. The van der Waals surface area contributed by atoms with Gasteiger partial charge in [0.25, 0.3) is 0 Å². The van der Waals surface area contributed by atoms with Gasteiger partial charge in [-0.2, -0.15) is 11.8 Å². The van der Waals surface area contributed by atoms with E-state index in [0.717, 1.165) is 45.6 Å². The Hall–Kier alpha value is -1.44. The highest BCUT2D eigenvalue weighted by Gasteiger charge is 2.32. The third-order valence-corrected chi connectivity index (χ3v) is 15.9. The van der Waals surface area contributed by atoms with Crippen LogP contribution in [0.1, 0.15) is 59.6 Å². The molecule has 51 heavy (non-hydrogen) atoms. The van der Waals surface area contributed by atoms with Crippen molar-refractivity contribution >= 4 is 82.5 Å². The van der Waals surface area contributed by atoms with Crippen LogP contribution in [0.4, 0.5) is 0 Å². The fraction of sp³-hybridized carbons (Fsp3) is 0.538. The van der Waals surface area contributed by atoms with Crippen molar-refractivity contribution < 1.29 is 28.5 Å². The molecule has 12 heteroatoms. The van der Waals surface area contributed by atoms with Gasteiger partial charge in [0.15, 0.2) is 4.93 Å². The molecule has 284 valence electrons. The Bertz CT molecular complexity index is 1330. The van der Waals surface area contributed by atoms with E-state index in [1.807, 2.05) is 84.3 Å². The lowest BCUT2D eigenvalue weighted by Crippen LogP contribution is -2.35. The second-order valence-corrected chi connectivity index (χ2v) is 20.9. The highest BCUT2D eigenvalue weighted by atomic mass is 32.2. The van der Waals surface area contributed by atoms with Crippen LogP contribution >= 0.6 is 70.6 Å². The summed E-state index contributed by atoms with van der Waals surface area (Å²) in [5.41, 5.74) is 1.86. The minimum Gasteiger partial charge on any atom is -0.490 e. The molecule has 0 saturated carbocycles. The van der Waals surface area contributed by atoms with E-state index in [-0.39, 0.29) is 18.6 Å². The topological polar surface area (TPSA) is 71.1 Å². The van der Waals surface area contributed by atoms with Crippen molar-refractivity contribution in [3.8, 4) is 11.5 Å². The van der Waals surface area contributed by atoms with Crippen LogP contribution in [-0.4, -0.2) is 85.6 Å². The molecule has 0 aliphatic carbocycles. The van der Waals surface area contributed by atoms with Crippen LogP contribution in [0.3, 0.4) is 0 Å². The molecule has 2 rings (SSSR count). The van der Waals surface area contributed by atoms with Gasteiger partial charge in [0, 0.05) is 34.8 Å². The number of esters is 2. The van der Waals surface area contributed by atoms with E-state index in [9.17, 15) is 9.59 Å². The first-order valence-electron chi connectivity index (χ1n) is 17.3. The maximum atomic E-state index is 12.2. The molecule has 2 unspecified atom stereocenters. The Morgan fingerprint density at radius 3 is 1.88 bits per heavy atom. The largest absolute Gasteiger partial charge is 0.490 e. The average Bonchev–Trinajstić information content (AvgIpc) is 3.12. The van der Waals surface area contributed by atoms with E-state index in [0.29, 0.717) is 26.4 Å². The maximum absolute atomic E-state index is 12.2. The van der Waals surface area contributed by atoms with Crippen LogP contribution in [0, 0.1) is 0 Å². The van der Waals surface area contributed by atoms with Crippen molar-refractivity contribution in [3.63, 3.8) is 0 Å². The summed E-state index contributed by atoms with van der Waals surface area (Å²) in [6.07, 6.45) is 2.00. The van der Waals surface area contributed by atoms with Crippen LogP contribution < -0.4 is 9.47 Å². The van der Waals surface area contributed by atoms with E-state index in [2.05, 4.69) is 72.9 Å². The average molecular weight is 813 g/mol. The lowest BCUT2D eigenvalue weighted by molar-refractivity contribution is -0.146. The molecule has 0 amide bonds. The van der Waals surface area contributed by atoms with Gasteiger partial charge in [-0.15, -0.1) is 58.8 Å². The first-order chi connectivity index (χ1) is 24.4. The minimum atomic E-state index is -0.864. The van der Waals surface area contributed by atoms with E-state index in [1.165, 1.54) is 12.2 Å². The van der Waals surface area contributed by atoms with Crippen LogP contribution in [0.25, 0.3) is 0 Å². The Morgan fingerprint density at radius 2 is 1.31 bits per heavy atom. The smallest absolute Gasteiger partial charge is 0.331 e. The number of carbonyl (C=O) groups excluding carboxylic acids is 2. The standard InChI is InChI=1S/C39H56O6S6/c1-10-34(40)44-33(25-46-26-36(47-12-3)48-13-4)24-42-32-18-16-17-30(23-32)38(7,8)29-19-21-31(22-20-29)43-28-39(9,45-35(41)11-2)51-27-37(49-14-5)50-15-6/h10-11,16-23,33,36-37H,1-2,12-15,24-28H2,3-9H3. The van der Waals surface area contributed by atoms with E-state index in [4.69, 9.17) is 18.9 Å². The fourth-order valence-corrected chi connectivity index (χ4v) is 12.7. The van der Waals surface area contributed by atoms with Crippen LogP contribution in [0.2, 0.25) is 0 Å². The van der Waals surface area contributed by atoms with Crippen molar-refractivity contribution in [3.05, 3.63) is 85.0 Å². The normalized spacial score (nSPS) is 13.4. The molecule has 2 aromatic carbocycles. The molecule has 0 aliphatic rings. The number of thioether (sulfide) groups is 6. The predicted octanol–water partition coefficient (Wildman–Crippen LogP) is 10.4. The second kappa shape index (κ2) is 24.8. The molecule has 0 aliphatic heterocycles. The molecular formula is C39H56O6S6. The summed E-state index contributed by atoms with van der Waals surface area (Å²) in [6.45, 7) is 22.5. The molecule has 0 radical (unpaired) electrons. The molecular weight excluding hydrogens is 757 g/mol. The molecule has 2 atom stereocenters. The zero-order valence-electron chi connectivity index (χ0n) is 31.2. The highest BCUT2D eigenvalue weighted by Crippen LogP contribution is 2.37. The van der Waals surface area contributed by atoms with Gasteiger partial charge >= 0.3 is 11.9 Å². The van der Waals surface area contributed by atoms with Gasteiger partial charge in [0.1, 0.15) is 30.8 Å². The van der Waals surface area contributed by atoms with Crippen LogP contribution in [0.5, 0.6) is 11.5 Å². The molecule has 0 spiro atoms. The van der Waals surface area contributed by atoms with Crippen molar-refractivity contribution in [1.82, 2.24) is 0 Å². The molecule has 0 saturated heterocycles. The summed E-state index contributed by atoms with van der Waals surface area (Å²) in [6, 6.07) is 16.1. The number of benzene rings is 2. The van der Waals surface area contributed by atoms with Gasteiger partial charge in [-0.25, -0.2) is 9.59 Å². The molecule has 6 nitrogen and oxygen atoms in total. The van der Waals surface area contributed by atoms with Gasteiger partial charge in [-0.1, -0.05) is 79.0 Å². The third kappa shape index (κ3) is 17.1. The Kier molecular flexibility index (Phi) is 22.2. The van der Waals surface area contributed by atoms with E-state index >= 15 is 0 Å². The van der Waals surface area contributed by atoms with Gasteiger partial charge in [-0.3, -0.25) is 0 Å². The lowest BCUT2D eigenvalue weighted by Gasteiger charge is -2.30. The number of carbonyl (C=O) groups is 2. The number of hydrogen-bond donors (Lipinski definition) is 0. The molecule has 0 aromatic heterocycles. The van der Waals surface area contributed by atoms with Gasteiger partial charge in [-0.05, 0) is 65.3 Å². The van der Waals surface area contributed by atoms with Crippen molar-refractivity contribution in [1.29, 1.82) is 0 Å². The number of rotatable bonds is 27. The quantitative estimate of drug-likeness (QED) is 0.0490. The summed E-state index contributed by atoms with van der Waals surface area (Å²) in [7, 11) is 0. The zero-order chi connectivity index (χ0) is 37.7. The molecule has 2 aromatic rings. The molecule has 0 fully saturated rings. The predicted molar refractivity (Wildman–Crippen MR) is 231 cm³/mol. The Labute approximate surface area is 332 Å². The van der Waals surface area contributed by atoms with E-state index < -0.39 is 23.0 Å². The summed E-state index contributed by atoms with van der Waals surface area (Å²) >= 11 is 11.1. The lowest BCUT2D eigenvalue weighted by atomic mass is 9.78. The fourth-order valence-electron chi connectivity index (χ4n) is 4.77. The first-order valence-corrected chi connectivity index (χ1v) is 23.6. The van der Waals surface area contributed by atoms with Gasteiger partial charge < -0.3 is 18.9 Å². The summed E-state index contributed by atoms with van der Waals surface area (Å²) in [5.74, 6) is 7.17. The van der Waals surface area contributed by atoms with Crippen molar-refractivity contribution in [2.24, 2.45) is 0 Å². The minimum absolute atomic E-state index is 0.206. The van der Waals surface area contributed by atoms with Crippen molar-refractivity contribution in [2.75, 3.05) is 53.5 Å². The molecule has 0 bridgehead atoms. The number of ether oxygens (including phenoxy) is 4. The first kappa shape index (κ1) is 45.7. The van der Waals surface area contributed by atoms with Crippen molar-refractivity contribution in [2.45, 2.75) is 74.1 Å². The molecule has 0 heterocycles. The Balaban J connectivity index is 2.10. The third-order valence-electron chi connectivity index (χ3n) is 7.49. The van der Waals surface area contributed by atoms with Crippen LogP contribution in [-0.2, 0) is 24.5 Å². The van der Waals surface area contributed by atoms with Gasteiger partial charge in [0.05, 0.1) is 9.16 Å². The monoisotopic (exact) mass is 812 g/mol. The summed E-state index contributed by atoms with van der Waals surface area (Å²) in [4.78, 5) is 23.5. The summed E-state index contributed by atoms with van der Waals surface area (Å²) < 4.78 is 24.8. The second-order valence-electron chi connectivity index (χ2n) is 11.8. The van der Waals surface area contributed by atoms with Gasteiger partial charge in [0.2, 0.25) is 0 Å². The van der Waals surface area contributed by atoms with Crippen LogP contribution in [0.15, 0.2) is 73.8 Å². The molecule has 0 N–H and O–H groups in total.